The van der Waals surface area contributed by atoms with Crippen LogP contribution in [0, 0.1) is 12.8 Å². The predicted molar refractivity (Wildman–Crippen MR) is 78.0 cm³/mol. The van der Waals surface area contributed by atoms with Crippen LogP contribution in [0.25, 0.3) is 0 Å². The highest BCUT2D eigenvalue weighted by molar-refractivity contribution is 5.85. The van der Waals surface area contributed by atoms with E-state index in [4.69, 9.17) is 5.73 Å². The average molecular weight is 271 g/mol. The third kappa shape index (κ3) is 6.62. The Morgan fingerprint density at radius 3 is 2.78 bits per heavy atom. The quantitative estimate of drug-likeness (QED) is 0.831. The summed E-state index contributed by atoms with van der Waals surface area (Å²) >= 11 is 0. The summed E-state index contributed by atoms with van der Waals surface area (Å²) in [6, 6.07) is 8.27. The number of hydrogen-bond donors (Lipinski definition) is 2. The van der Waals surface area contributed by atoms with E-state index in [9.17, 15) is 4.79 Å². The van der Waals surface area contributed by atoms with Crippen molar-refractivity contribution < 1.29 is 4.79 Å². The second-order valence-electron chi connectivity index (χ2n) is 4.63. The fraction of sp³-hybridized carbons (Fsp3) is 0.500. The summed E-state index contributed by atoms with van der Waals surface area (Å²) < 4.78 is 0. The zero-order chi connectivity index (χ0) is 12.7. The first-order valence-electron chi connectivity index (χ1n) is 6.14. The van der Waals surface area contributed by atoms with E-state index in [1.807, 2.05) is 13.0 Å². The van der Waals surface area contributed by atoms with E-state index in [1.54, 1.807) is 0 Å². The lowest BCUT2D eigenvalue weighted by Crippen LogP contribution is -2.31. The topological polar surface area (TPSA) is 55.1 Å². The van der Waals surface area contributed by atoms with Crippen molar-refractivity contribution in [2.75, 3.05) is 13.1 Å². The number of carbonyl (C=O) groups is 1. The Hall–Kier alpha value is -1.06. The molecule has 0 aliphatic carbocycles. The van der Waals surface area contributed by atoms with E-state index in [2.05, 4.69) is 30.4 Å². The molecule has 0 saturated carbocycles. The van der Waals surface area contributed by atoms with E-state index in [1.165, 1.54) is 11.1 Å². The zero-order valence-electron chi connectivity index (χ0n) is 11.1. The first-order valence-corrected chi connectivity index (χ1v) is 6.14. The maximum Gasteiger partial charge on any atom is 0.220 e. The second kappa shape index (κ2) is 8.95. The van der Waals surface area contributed by atoms with Crippen molar-refractivity contribution >= 4 is 18.3 Å². The summed E-state index contributed by atoms with van der Waals surface area (Å²) in [5, 5.41) is 2.90. The lowest BCUT2D eigenvalue weighted by molar-refractivity contribution is -0.121. The maximum absolute atomic E-state index is 11.6. The number of amides is 1. The van der Waals surface area contributed by atoms with Gasteiger partial charge in [-0.15, -0.1) is 12.4 Å². The van der Waals surface area contributed by atoms with E-state index in [0.717, 1.165) is 6.42 Å². The van der Waals surface area contributed by atoms with Gasteiger partial charge in [0.2, 0.25) is 5.91 Å². The van der Waals surface area contributed by atoms with Crippen LogP contribution in [0.5, 0.6) is 0 Å². The molecule has 0 aliphatic heterocycles. The lowest BCUT2D eigenvalue weighted by Gasteiger charge is -2.10. The van der Waals surface area contributed by atoms with Gasteiger partial charge in [0.25, 0.3) is 0 Å². The molecule has 18 heavy (non-hydrogen) atoms. The van der Waals surface area contributed by atoms with Gasteiger partial charge < -0.3 is 11.1 Å². The normalized spacial score (nSPS) is 11.5. The second-order valence-corrected chi connectivity index (χ2v) is 4.63. The summed E-state index contributed by atoms with van der Waals surface area (Å²) in [6.07, 6.45) is 1.34. The van der Waals surface area contributed by atoms with Crippen molar-refractivity contribution in [3.63, 3.8) is 0 Å². The molecule has 102 valence electrons. The summed E-state index contributed by atoms with van der Waals surface area (Å²) in [6.45, 7) is 5.37. The number of benzene rings is 1. The molecule has 1 rings (SSSR count). The monoisotopic (exact) mass is 270 g/mol. The Morgan fingerprint density at radius 2 is 2.17 bits per heavy atom. The number of halogens is 1. The number of aryl methyl sites for hydroxylation is 2. The molecule has 0 heterocycles. The molecule has 0 aliphatic rings. The van der Waals surface area contributed by atoms with Crippen LogP contribution in [0.2, 0.25) is 0 Å². The number of rotatable bonds is 6. The summed E-state index contributed by atoms with van der Waals surface area (Å²) in [7, 11) is 0. The largest absolute Gasteiger partial charge is 0.356 e. The highest BCUT2D eigenvalue weighted by Gasteiger charge is 2.04. The van der Waals surface area contributed by atoms with Gasteiger partial charge in [-0.05, 0) is 31.4 Å². The van der Waals surface area contributed by atoms with Gasteiger partial charge in [-0.3, -0.25) is 4.79 Å². The lowest BCUT2D eigenvalue weighted by atomic mass is 10.1. The SMILES string of the molecule is Cc1cccc(CCC(=O)NCC(C)CN)c1.Cl. The number of nitrogens with two attached hydrogens (primary N) is 1. The van der Waals surface area contributed by atoms with Crippen molar-refractivity contribution in [3.05, 3.63) is 35.4 Å². The summed E-state index contributed by atoms with van der Waals surface area (Å²) in [5.41, 5.74) is 7.94. The number of nitrogens with one attached hydrogen (secondary N) is 1. The zero-order valence-corrected chi connectivity index (χ0v) is 11.9. The summed E-state index contributed by atoms with van der Waals surface area (Å²) in [5.74, 6) is 0.449. The van der Waals surface area contributed by atoms with Crippen LogP contribution in [-0.2, 0) is 11.2 Å². The maximum atomic E-state index is 11.6. The minimum atomic E-state index is 0. The first-order chi connectivity index (χ1) is 8.11. The van der Waals surface area contributed by atoms with Crippen LogP contribution >= 0.6 is 12.4 Å². The highest BCUT2D eigenvalue weighted by atomic mass is 35.5. The molecule has 0 spiro atoms. The summed E-state index contributed by atoms with van der Waals surface area (Å²) in [4.78, 5) is 11.6. The molecule has 1 unspecified atom stereocenters. The van der Waals surface area contributed by atoms with Crippen LogP contribution in [0.1, 0.15) is 24.5 Å². The van der Waals surface area contributed by atoms with Gasteiger partial charge in [-0.1, -0.05) is 36.8 Å². The predicted octanol–water partition coefficient (Wildman–Crippen LogP) is 2.06. The van der Waals surface area contributed by atoms with Gasteiger partial charge in [-0.2, -0.15) is 0 Å². The molecular weight excluding hydrogens is 248 g/mol. The van der Waals surface area contributed by atoms with Crippen molar-refractivity contribution in [2.24, 2.45) is 11.7 Å². The van der Waals surface area contributed by atoms with Gasteiger partial charge in [0.15, 0.2) is 0 Å². The van der Waals surface area contributed by atoms with Crippen molar-refractivity contribution in [2.45, 2.75) is 26.7 Å². The molecule has 0 saturated heterocycles. The average Bonchev–Trinajstić information content (AvgIpc) is 2.33. The number of carbonyl (C=O) groups excluding carboxylic acids is 1. The first kappa shape index (κ1) is 16.9. The van der Waals surface area contributed by atoms with Crippen LogP contribution < -0.4 is 11.1 Å². The van der Waals surface area contributed by atoms with Crippen molar-refractivity contribution in [1.29, 1.82) is 0 Å². The minimum Gasteiger partial charge on any atom is -0.356 e. The number of hydrogen-bond acceptors (Lipinski definition) is 2. The third-order valence-electron chi connectivity index (χ3n) is 2.77. The fourth-order valence-electron chi connectivity index (χ4n) is 1.59. The molecule has 0 fully saturated rings. The Kier molecular flexibility index (Phi) is 8.42. The fourth-order valence-corrected chi connectivity index (χ4v) is 1.59. The van der Waals surface area contributed by atoms with Crippen LogP contribution in [-0.4, -0.2) is 19.0 Å². The minimum absolute atomic E-state index is 0. The van der Waals surface area contributed by atoms with Crippen LogP contribution in [0.4, 0.5) is 0 Å². The third-order valence-corrected chi connectivity index (χ3v) is 2.77. The van der Waals surface area contributed by atoms with Crippen LogP contribution in [0.3, 0.4) is 0 Å². The standard InChI is InChI=1S/C14H22N2O.ClH/c1-11-4-3-5-13(8-11)6-7-14(17)16-10-12(2)9-15;/h3-5,8,12H,6-7,9-10,15H2,1-2H3,(H,16,17);1H. The Labute approximate surface area is 116 Å². The van der Waals surface area contributed by atoms with Crippen molar-refractivity contribution in [1.82, 2.24) is 5.32 Å². The Balaban J connectivity index is 0.00000289. The van der Waals surface area contributed by atoms with Gasteiger partial charge in [0.1, 0.15) is 0 Å². The Morgan fingerprint density at radius 1 is 1.44 bits per heavy atom. The molecule has 0 bridgehead atoms. The molecular formula is C14H23ClN2O. The van der Waals surface area contributed by atoms with Crippen molar-refractivity contribution in [3.8, 4) is 0 Å². The molecule has 1 amide bonds. The van der Waals surface area contributed by atoms with Gasteiger partial charge in [0, 0.05) is 13.0 Å². The molecule has 1 aromatic rings. The van der Waals surface area contributed by atoms with E-state index >= 15 is 0 Å². The molecule has 3 N–H and O–H groups in total. The Bertz CT molecular complexity index is 369. The molecule has 3 nitrogen and oxygen atoms in total. The molecule has 4 heteroatoms. The van der Waals surface area contributed by atoms with Gasteiger partial charge in [-0.25, -0.2) is 0 Å². The molecule has 1 aromatic carbocycles. The van der Waals surface area contributed by atoms with Crippen LogP contribution in [0.15, 0.2) is 24.3 Å². The van der Waals surface area contributed by atoms with Gasteiger partial charge >= 0.3 is 0 Å². The van der Waals surface area contributed by atoms with E-state index in [-0.39, 0.29) is 18.3 Å². The molecule has 0 radical (unpaired) electrons. The molecule has 1 atom stereocenters. The van der Waals surface area contributed by atoms with E-state index in [0.29, 0.717) is 25.4 Å². The highest BCUT2D eigenvalue weighted by Crippen LogP contribution is 2.06. The van der Waals surface area contributed by atoms with Gasteiger partial charge in [0.05, 0.1) is 0 Å². The van der Waals surface area contributed by atoms with E-state index < -0.39 is 0 Å². The smallest absolute Gasteiger partial charge is 0.220 e. The molecule has 0 aromatic heterocycles.